The molecule has 0 saturated heterocycles. The Morgan fingerprint density at radius 2 is 2.22 bits per heavy atom. The quantitative estimate of drug-likeness (QED) is 0.912. The second-order valence-corrected chi connectivity index (χ2v) is 5.07. The molecule has 0 bridgehead atoms. The fraction of sp³-hybridized carbons (Fsp3) is 0.294. The standard InChI is InChI=1S/C17H18N2O4/c1-21-14-9-13(10-15-16(14)23-8-7-22-15)17(20)19-6-4-12-3-2-5-18-11-12/h2-3,5,9-11H,4,6-8H2,1H3,(H,19,20). The van der Waals surface area contributed by atoms with Gasteiger partial charge in [0.1, 0.15) is 13.2 Å². The number of fused-ring (bicyclic) bond motifs is 1. The van der Waals surface area contributed by atoms with E-state index in [-0.39, 0.29) is 5.91 Å². The predicted molar refractivity (Wildman–Crippen MR) is 84.3 cm³/mol. The molecule has 23 heavy (non-hydrogen) atoms. The maximum atomic E-state index is 12.3. The van der Waals surface area contributed by atoms with Gasteiger partial charge in [0.2, 0.25) is 5.75 Å². The third-order valence-electron chi connectivity index (χ3n) is 3.51. The Kier molecular flexibility index (Phi) is 4.61. The lowest BCUT2D eigenvalue weighted by atomic mass is 10.1. The first-order valence-electron chi connectivity index (χ1n) is 7.42. The molecule has 1 aromatic heterocycles. The van der Waals surface area contributed by atoms with E-state index in [0.717, 1.165) is 12.0 Å². The zero-order valence-electron chi connectivity index (χ0n) is 12.9. The average molecular weight is 314 g/mol. The van der Waals surface area contributed by atoms with Crippen LogP contribution in [0.3, 0.4) is 0 Å². The molecule has 1 aliphatic rings. The number of benzene rings is 1. The van der Waals surface area contributed by atoms with Crippen LogP contribution in [0.5, 0.6) is 17.2 Å². The van der Waals surface area contributed by atoms with Gasteiger partial charge in [0.15, 0.2) is 11.5 Å². The van der Waals surface area contributed by atoms with Crippen molar-refractivity contribution in [3.05, 3.63) is 47.8 Å². The molecule has 1 aromatic carbocycles. The van der Waals surface area contributed by atoms with Crippen molar-refractivity contribution in [1.82, 2.24) is 10.3 Å². The van der Waals surface area contributed by atoms with Crippen molar-refractivity contribution in [1.29, 1.82) is 0 Å². The molecule has 2 aromatic rings. The number of methoxy groups -OCH3 is 1. The van der Waals surface area contributed by atoms with Crippen molar-refractivity contribution in [3.8, 4) is 17.2 Å². The van der Waals surface area contributed by atoms with E-state index >= 15 is 0 Å². The fourth-order valence-electron chi connectivity index (χ4n) is 2.37. The largest absolute Gasteiger partial charge is 0.493 e. The monoisotopic (exact) mass is 314 g/mol. The van der Waals surface area contributed by atoms with Crippen molar-refractivity contribution in [2.75, 3.05) is 26.9 Å². The summed E-state index contributed by atoms with van der Waals surface area (Å²) in [6, 6.07) is 7.19. The van der Waals surface area contributed by atoms with E-state index in [1.807, 2.05) is 12.1 Å². The lowest BCUT2D eigenvalue weighted by molar-refractivity contribution is 0.0952. The summed E-state index contributed by atoms with van der Waals surface area (Å²) in [4.78, 5) is 16.4. The lowest BCUT2D eigenvalue weighted by Crippen LogP contribution is -2.26. The molecule has 1 amide bonds. The number of pyridine rings is 1. The summed E-state index contributed by atoms with van der Waals surface area (Å²) >= 11 is 0. The maximum Gasteiger partial charge on any atom is 0.251 e. The first kappa shape index (κ1) is 15.1. The summed E-state index contributed by atoms with van der Waals surface area (Å²) in [6.07, 6.45) is 4.24. The van der Waals surface area contributed by atoms with E-state index in [2.05, 4.69) is 10.3 Å². The first-order chi connectivity index (χ1) is 11.3. The highest BCUT2D eigenvalue weighted by Gasteiger charge is 2.20. The summed E-state index contributed by atoms with van der Waals surface area (Å²) in [7, 11) is 1.54. The van der Waals surface area contributed by atoms with Gasteiger partial charge in [0.25, 0.3) is 5.91 Å². The minimum Gasteiger partial charge on any atom is -0.493 e. The Hall–Kier alpha value is -2.76. The van der Waals surface area contributed by atoms with Gasteiger partial charge in [-0.1, -0.05) is 6.07 Å². The van der Waals surface area contributed by atoms with Crippen molar-refractivity contribution < 1.29 is 19.0 Å². The topological polar surface area (TPSA) is 69.7 Å². The van der Waals surface area contributed by atoms with Gasteiger partial charge in [-0.05, 0) is 30.2 Å². The normalized spacial score (nSPS) is 12.6. The summed E-state index contributed by atoms with van der Waals surface area (Å²) in [6.45, 7) is 1.46. The molecule has 0 aliphatic carbocycles. The van der Waals surface area contributed by atoms with E-state index in [9.17, 15) is 4.79 Å². The fourth-order valence-corrected chi connectivity index (χ4v) is 2.37. The van der Waals surface area contributed by atoms with E-state index in [4.69, 9.17) is 14.2 Å². The summed E-state index contributed by atoms with van der Waals surface area (Å²) in [5.41, 5.74) is 1.56. The highest BCUT2D eigenvalue weighted by Crippen LogP contribution is 2.40. The molecular formula is C17H18N2O4. The number of aromatic nitrogens is 1. The van der Waals surface area contributed by atoms with E-state index < -0.39 is 0 Å². The van der Waals surface area contributed by atoms with E-state index in [1.165, 1.54) is 7.11 Å². The highest BCUT2D eigenvalue weighted by atomic mass is 16.6. The van der Waals surface area contributed by atoms with Crippen LogP contribution in [0.25, 0.3) is 0 Å². The predicted octanol–water partition coefficient (Wildman–Crippen LogP) is 1.83. The van der Waals surface area contributed by atoms with Gasteiger partial charge in [-0.25, -0.2) is 0 Å². The Morgan fingerprint density at radius 3 is 3.00 bits per heavy atom. The average Bonchev–Trinajstić information content (AvgIpc) is 2.61. The first-order valence-corrected chi connectivity index (χ1v) is 7.42. The van der Waals surface area contributed by atoms with Crippen LogP contribution in [0.2, 0.25) is 0 Å². The smallest absolute Gasteiger partial charge is 0.251 e. The van der Waals surface area contributed by atoms with Crippen LogP contribution in [0, 0.1) is 0 Å². The number of amides is 1. The molecule has 120 valence electrons. The number of carbonyl (C=O) groups is 1. The molecule has 2 heterocycles. The number of nitrogens with one attached hydrogen (secondary N) is 1. The lowest BCUT2D eigenvalue weighted by Gasteiger charge is -2.21. The molecule has 0 saturated carbocycles. The number of carbonyl (C=O) groups excluding carboxylic acids is 1. The van der Waals surface area contributed by atoms with Crippen LogP contribution in [0.15, 0.2) is 36.7 Å². The van der Waals surface area contributed by atoms with Gasteiger partial charge in [0, 0.05) is 24.5 Å². The van der Waals surface area contributed by atoms with E-state index in [0.29, 0.717) is 42.6 Å². The number of hydrogen-bond acceptors (Lipinski definition) is 5. The molecule has 0 radical (unpaired) electrons. The maximum absolute atomic E-state index is 12.3. The second kappa shape index (κ2) is 7.00. The van der Waals surface area contributed by atoms with Gasteiger partial charge < -0.3 is 19.5 Å². The number of ether oxygens (including phenoxy) is 3. The molecule has 0 atom stereocenters. The molecule has 3 rings (SSSR count). The SMILES string of the molecule is COc1cc(C(=O)NCCc2cccnc2)cc2c1OCCO2. The summed E-state index contributed by atoms with van der Waals surface area (Å²) in [5, 5.41) is 2.89. The third kappa shape index (κ3) is 3.53. The minimum atomic E-state index is -0.177. The molecule has 6 heteroatoms. The van der Waals surface area contributed by atoms with Gasteiger partial charge >= 0.3 is 0 Å². The van der Waals surface area contributed by atoms with Crippen LogP contribution in [0.4, 0.5) is 0 Å². The molecule has 0 spiro atoms. The molecule has 6 nitrogen and oxygen atoms in total. The van der Waals surface area contributed by atoms with Crippen molar-refractivity contribution >= 4 is 5.91 Å². The van der Waals surface area contributed by atoms with Crippen molar-refractivity contribution in [2.24, 2.45) is 0 Å². The third-order valence-corrected chi connectivity index (χ3v) is 3.51. The second-order valence-electron chi connectivity index (χ2n) is 5.07. The van der Waals surface area contributed by atoms with Crippen LogP contribution in [-0.4, -0.2) is 37.8 Å². The van der Waals surface area contributed by atoms with Gasteiger partial charge in [-0.15, -0.1) is 0 Å². The number of rotatable bonds is 5. The number of nitrogens with zero attached hydrogens (tertiary/aromatic N) is 1. The van der Waals surface area contributed by atoms with Gasteiger partial charge in [-0.2, -0.15) is 0 Å². The van der Waals surface area contributed by atoms with Crippen LogP contribution in [0.1, 0.15) is 15.9 Å². The van der Waals surface area contributed by atoms with Crippen LogP contribution < -0.4 is 19.5 Å². The molecular weight excluding hydrogens is 296 g/mol. The Bertz CT molecular complexity index is 671. The Morgan fingerprint density at radius 1 is 1.35 bits per heavy atom. The number of hydrogen-bond donors (Lipinski definition) is 1. The van der Waals surface area contributed by atoms with Crippen molar-refractivity contribution in [3.63, 3.8) is 0 Å². The minimum absolute atomic E-state index is 0.177. The van der Waals surface area contributed by atoms with Gasteiger partial charge in [0.05, 0.1) is 7.11 Å². The Balaban J connectivity index is 1.67. The molecule has 1 N–H and O–H groups in total. The summed E-state index contributed by atoms with van der Waals surface area (Å²) in [5.74, 6) is 1.41. The highest BCUT2D eigenvalue weighted by molar-refractivity contribution is 5.95. The molecule has 1 aliphatic heterocycles. The zero-order chi connectivity index (χ0) is 16.1. The van der Waals surface area contributed by atoms with Crippen LogP contribution >= 0.6 is 0 Å². The zero-order valence-corrected chi connectivity index (χ0v) is 12.9. The van der Waals surface area contributed by atoms with Gasteiger partial charge in [-0.3, -0.25) is 9.78 Å². The summed E-state index contributed by atoms with van der Waals surface area (Å²) < 4.78 is 16.4. The molecule has 0 fully saturated rings. The van der Waals surface area contributed by atoms with Crippen molar-refractivity contribution in [2.45, 2.75) is 6.42 Å². The van der Waals surface area contributed by atoms with E-state index in [1.54, 1.807) is 24.5 Å². The Labute approximate surface area is 134 Å². The van der Waals surface area contributed by atoms with Crippen LogP contribution in [-0.2, 0) is 6.42 Å². The molecule has 0 unspecified atom stereocenters.